The Hall–Kier alpha value is -2.83. The molecule has 0 saturated carbocycles. The molecule has 3 aromatic rings. The zero-order valence-corrected chi connectivity index (χ0v) is 24.4. The number of carbonyl (C=O) groups is 2. The van der Waals surface area contributed by atoms with Crippen LogP contribution in [0.15, 0.2) is 48.5 Å². The van der Waals surface area contributed by atoms with Crippen molar-refractivity contribution >= 4 is 41.5 Å². The van der Waals surface area contributed by atoms with Crippen molar-refractivity contribution < 1.29 is 19.1 Å². The Balaban J connectivity index is 0.000000836. The lowest BCUT2D eigenvalue weighted by molar-refractivity contribution is -0.124. The van der Waals surface area contributed by atoms with Gasteiger partial charge < -0.3 is 10.5 Å². The zero-order chi connectivity index (χ0) is 27.5. The van der Waals surface area contributed by atoms with Gasteiger partial charge in [-0.3, -0.25) is 9.59 Å². The molecule has 0 atom stereocenters. The number of hydrogen-bond donors (Lipinski definition) is 2. The summed E-state index contributed by atoms with van der Waals surface area (Å²) in [6.07, 6.45) is 2.67. The van der Waals surface area contributed by atoms with Gasteiger partial charge in [0, 0.05) is 22.9 Å². The summed E-state index contributed by atoms with van der Waals surface area (Å²) in [6, 6.07) is 13.7. The van der Waals surface area contributed by atoms with E-state index >= 15 is 0 Å². The van der Waals surface area contributed by atoms with Crippen molar-refractivity contribution in [2.45, 2.75) is 67.7 Å². The molecule has 0 fully saturated rings. The van der Waals surface area contributed by atoms with Gasteiger partial charge in [0.1, 0.15) is 17.3 Å². The van der Waals surface area contributed by atoms with Crippen LogP contribution in [-0.4, -0.2) is 22.9 Å². The number of nitrogens with one attached hydrogen (secondary N) is 1. The number of benzene rings is 2. The number of aryl methyl sites for hydroxylation is 2. The van der Waals surface area contributed by atoms with Gasteiger partial charge in [-0.2, -0.15) is 0 Å². The van der Waals surface area contributed by atoms with Gasteiger partial charge in [-0.05, 0) is 73.2 Å². The summed E-state index contributed by atoms with van der Waals surface area (Å²) in [5.74, 6) is -0.124. The molecule has 0 spiro atoms. The lowest BCUT2D eigenvalue weighted by Crippen LogP contribution is -2.23. The first kappa shape index (κ1) is 34.2. The lowest BCUT2D eigenvalue weighted by atomic mass is 9.85. The molecule has 0 aliphatic carbocycles. The second kappa shape index (κ2) is 16.1. The van der Waals surface area contributed by atoms with E-state index in [4.69, 9.17) is 10.5 Å². The van der Waals surface area contributed by atoms with Gasteiger partial charge in [0.2, 0.25) is 0 Å². The van der Waals surface area contributed by atoms with Crippen LogP contribution in [0.4, 0.5) is 4.39 Å². The number of aromatic hydroxyl groups is 1. The predicted molar refractivity (Wildman–Crippen MR) is 156 cm³/mol. The fourth-order valence-corrected chi connectivity index (χ4v) is 4.35. The predicted octanol–water partition coefficient (Wildman–Crippen LogP) is 8.18. The Kier molecular flexibility index (Phi) is 14.9. The van der Waals surface area contributed by atoms with Crippen LogP contribution < -0.4 is 0 Å². The summed E-state index contributed by atoms with van der Waals surface area (Å²) >= 11 is 1.36. The number of carbonyl (C=O) groups excluding carboxylic acids is 2. The Morgan fingerprint density at radius 1 is 1.08 bits per heavy atom. The van der Waals surface area contributed by atoms with E-state index in [1.54, 1.807) is 31.2 Å². The zero-order valence-electron chi connectivity index (χ0n) is 22.8. The van der Waals surface area contributed by atoms with E-state index < -0.39 is 11.2 Å². The maximum absolute atomic E-state index is 13.9. The molecule has 0 bridgehead atoms. The minimum Gasteiger partial charge on any atom is -0.508 e. The topological polar surface area (TPSA) is 78.2 Å². The van der Waals surface area contributed by atoms with Gasteiger partial charge in [0.05, 0.1) is 4.88 Å². The number of halogens is 2. The van der Waals surface area contributed by atoms with E-state index in [2.05, 4.69) is 6.92 Å². The molecule has 4 nitrogen and oxygen atoms in total. The molecule has 0 unspecified atom stereocenters. The molecule has 1 heterocycles. The first-order valence-electron chi connectivity index (χ1n) is 12.2. The maximum Gasteiger partial charge on any atom is 0.177 e. The molecule has 0 amide bonds. The molecule has 0 saturated heterocycles. The highest BCUT2D eigenvalue weighted by Gasteiger charge is 2.25. The largest absolute Gasteiger partial charge is 0.508 e. The number of Topliss-reactive ketones (excluding diaryl/α,β-unsaturated/α-hetero) is 2. The standard InChI is InChI=1S/C19H20FNO2S.C9H12O.C2H6.ClH/c1-12(22)19(2,3)10-15-6-7-18(24-15)17(23)9-14-5-4-13(11-21)8-16(14)20;1-3-8-4-5-9(10)7(2)6-8;1-2;/h4-8,11,21H,9-10H2,1-3H3;4-6,10H,3H2,1-2H3;1-2H3;1H. The van der Waals surface area contributed by atoms with Crippen LogP contribution in [0, 0.1) is 23.6 Å². The van der Waals surface area contributed by atoms with Gasteiger partial charge in [0.15, 0.2) is 5.78 Å². The van der Waals surface area contributed by atoms with Crippen LogP contribution >= 0.6 is 23.7 Å². The number of phenols is 1. The van der Waals surface area contributed by atoms with Crippen molar-refractivity contribution in [1.82, 2.24) is 0 Å². The first-order chi connectivity index (χ1) is 17.0. The van der Waals surface area contributed by atoms with Gasteiger partial charge >= 0.3 is 0 Å². The van der Waals surface area contributed by atoms with E-state index in [0.29, 0.717) is 28.2 Å². The maximum atomic E-state index is 13.9. The molecule has 37 heavy (non-hydrogen) atoms. The average Bonchev–Trinajstić information content (AvgIpc) is 3.31. The summed E-state index contributed by atoms with van der Waals surface area (Å²) < 4.78 is 13.9. The number of rotatable bonds is 8. The quantitative estimate of drug-likeness (QED) is 0.220. The van der Waals surface area contributed by atoms with Gasteiger partial charge in [0.25, 0.3) is 0 Å². The van der Waals surface area contributed by atoms with Crippen LogP contribution in [0.1, 0.15) is 78.3 Å². The Morgan fingerprint density at radius 3 is 2.24 bits per heavy atom. The second-order valence-electron chi connectivity index (χ2n) is 8.95. The third-order valence-corrected chi connectivity index (χ3v) is 6.90. The fourth-order valence-electron chi connectivity index (χ4n) is 3.18. The van der Waals surface area contributed by atoms with E-state index in [-0.39, 0.29) is 30.4 Å². The molecule has 0 aliphatic heterocycles. The lowest BCUT2D eigenvalue weighted by Gasteiger charge is -2.19. The molecule has 1 aromatic heterocycles. The Morgan fingerprint density at radius 2 is 1.73 bits per heavy atom. The number of ketones is 2. The Labute approximate surface area is 230 Å². The number of phenolic OH excluding ortho intramolecular Hbond substituents is 1. The number of hydrogen-bond acceptors (Lipinski definition) is 5. The SMILES string of the molecule is CC.CC(=O)C(C)(C)Cc1ccc(C(=O)Cc2ccc(C=N)cc2F)s1.CCc1ccc(O)c(C)c1.Cl. The van der Waals surface area contributed by atoms with Crippen molar-refractivity contribution in [2.24, 2.45) is 5.41 Å². The van der Waals surface area contributed by atoms with Crippen molar-refractivity contribution in [3.05, 3.63) is 86.4 Å². The molecule has 0 aliphatic rings. The third kappa shape index (κ3) is 10.6. The summed E-state index contributed by atoms with van der Waals surface area (Å²) in [7, 11) is 0. The molecular formula is C30H39ClFNO3S. The van der Waals surface area contributed by atoms with Gasteiger partial charge in [-0.15, -0.1) is 23.7 Å². The second-order valence-corrected chi connectivity index (χ2v) is 10.1. The minimum absolute atomic E-state index is 0. The van der Waals surface area contributed by atoms with Crippen LogP contribution in [0.5, 0.6) is 5.75 Å². The molecular weight excluding hydrogens is 509 g/mol. The van der Waals surface area contributed by atoms with Crippen LogP contribution in [-0.2, 0) is 24.1 Å². The smallest absolute Gasteiger partial charge is 0.177 e. The van der Waals surface area contributed by atoms with Gasteiger partial charge in [-0.25, -0.2) is 4.39 Å². The normalized spacial score (nSPS) is 10.2. The summed E-state index contributed by atoms with van der Waals surface area (Å²) in [5, 5.41) is 16.2. The molecule has 3 rings (SSSR count). The van der Waals surface area contributed by atoms with Crippen molar-refractivity contribution in [3.63, 3.8) is 0 Å². The van der Waals surface area contributed by atoms with E-state index in [9.17, 15) is 14.0 Å². The molecule has 7 heteroatoms. The highest BCUT2D eigenvalue weighted by molar-refractivity contribution is 7.14. The van der Waals surface area contributed by atoms with Gasteiger partial charge in [-0.1, -0.05) is 58.9 Å². The summed E-state index contributed by atoms with van der Waals surface area (Å²) in [6.45, 7) is 13.4. The molecule has 0 radical (unpaired) electrons. The first-order valence-corrected chi connectivity index (χ1v) is 13.0. The average molecular weight is 548 g/mol. The van der Waals surface area contributed by atoms with Crippen molar-refractivity contribution in [2.75, 3.05) is 0 Å². The van der Waals surface area contributed by atoms with E-state index in [1.165, 1.54) is 23.0 Å². The van der Waals surface area contributed by atoms with Crippen molar-refractivity contribution in [3.8, 4) is 5.75 Å². The van der Waals surface area contributed by atoms with Crippen LogP contribution in [0.2, 0.25) is 0 Å². The van der Waals surface area contributed by atoms with E-state index in [1.807, 2.05) is 52.8 Å². The monoisotopic (exact) mass is 547 g/mol. The summed E-state index contributed by atoms with van der Waals surface area (Å²) in [4.78, 5) is 25.5. The van der Waals surface area contributed by atoms with Crippen LogP contribution in [0.25, 0.3) is 0 Å². The van der Waals surface area contributed by atoms with Crippen LogP contribution in [0.3, 0.4) is 0 Å². The van der Waals surface area contributed by atoms with E-state index in [0.717, 1.165) is 23.1 Å². The van der Waals surface area contributed by atoms with Crippen molar-refractivity contribution in [1.29, 1.82) is 5.41 Å². The molecule has 202 valence electrons. The highest BCUT2D eigenvalue weighted by Crippen LogP contribution is 2.28. The minimum atomic E-state index is -0.473. The fraction of sp³-hybridized carbons (Fsp3) is 0.367. The summed E-state index contributed by atoms with van der Waals surface area (Å²) in [5.41, 5.74) is 2.56. The molecule has 2 aromatic carbocycles. The highest BCUT2D eigenvalue weighted by atomic mass is 35.5. The molecule has 2 N–H and O–H groups in total. The Bertz CT molecular complexity index is 1190. The third-order valence-electron chi connectivity index (χ3n) is 5.77. The number of thiophene rings is 1.